The van der Waals surface area contributed by atoms with Crippen LogP contribution in [0.15, 0.2) is 18.2 Å². The van der Waals surface area contributed by atoms with Gasteiger partial charge in [0.1, 0.15) is 5.75 Å². The molecular weight excluding hydrogens is 238 g/mol. The van der Waals surface area contributed by atoms with Gasteiger partial charge in [0.15, 0.2) is 0 Å². The van der Waals surface area contributed by atoms with Crippen LogP contribution in [0.1, 0.15) is 31.4 Å². The zero-order chi connectivity index (χ0) is 12.7. The summed E-state index contributed by atoms with van der Waals surface area (Å²) < 4.78 is 10.7. The van der Waals surface area contributed by atoms with Gasteiger partial charge in [-0.2, -0.15) is 0 Å². The molecule has 0 aliphatic carbocycles. The van der Waals surface area contributed by atoms with Crippen molar-refractivity contribution >= 4 is 11.6 Å². The highest BCUT2D eigenvalue weighted by Gasteiger charge is 2.08. The predicted molar refractivity (Wildman–Crippen MR) is 70.7 cm³/mol. The molecule has 17 heavy (non-hydrogen) atoms. The first kappa shape index (κ1) is 14.3. The minimum absolute atomic E-state index is 0.0809. The Bertz CT molecular complexity index is 342. The van der Waals surface area contributed by atoms with Gasteiger partial charge < -0.3 is 15.2 Å². The number of hydrogen-bond acceptors (Lipinski definition) is 3. The predicted octanol–water partition coefficient (Wildman–Crippen LogP) is 3.17. The van der Waals surface area contributed by atoms with E-state index in [1.165, 1.54) is 0 Å². The maximum atomic E-state index is 5.94. The fourth-order valence-electron chi connectivity index (χ4n) is 1.54. The zero-order valence-electron chi connectivity index (χ0n) is 10.4. The summed E-state index contributed by atoms with van der Waals surface area (Å²) in [4.78, 5) is 0. The van der Waals surface area contributed by atoms with Crippen LogP contribution in [0.25, 0.3) is 0 Å². The lowest BCUT2D eigenvalue weighted by atomic mass is 10.1. The van der Waals surface area contributed by atoms with E-state index >= 15 is 0 Å². The first-order chi connectivity index (χ1) is 8.15. The molecule has 1 aromatic carbocycles. The Kier molecular flexibility index (Phi) is 6.34. The molecule has 0 saturated carbocycles. The number of hydrogen-bond donors (Lipinski definition) is 1. The molecule has 1 rings (SSSR count). The summed E-state index contributed by atoms with van der Waals surface area (Å²) in [6.45, 7) is 3.36. The average Bonchev–Trinajstić information content (AvgIpc) is 2.30. The SMILES string of the molecule is COCCCCOc1ccc(Cl)cc1C(C)N. The van der Waals surface area contributed by atoms with Crippen LogP contribution in [0, 0.1) is 0 Å². The van der Waals surface area contributed by atoms with Crippen LogP contribution in [0.3, 0.4) is 0 Å². The minimum Gasteiger partial charge on any atom is -0.493 e. The molecule has 0 aliphatic heterocycles. The third-order valence-electron chi connectivity index (χ3n) is 2.46. The van der Waals surface area contributed by atoms with Crippen molar-refractivity contribution in [3.05, 3.63) is 28.8 Å². The highest BCUT2D eigenvalue weighted by Crippen LogP contribution is 2.27. The zero-order valence-corrected chi connectivity index (χ0v) is 11.2. The summed E-state index contributed by atoms with van der Waals surface area (Å²) in [7, 11) is 1.70. The van der Waals surface area contributed by atoms with Gasteiger partial charge in [-0.05, 0) is 38.0 Å². The van der Waals surface area contributed by atoms with E-state index in [-0.39, 0.29) is 6.04 Å². The Labute approximate surface area is 108 Å². The molecular formula is C13H20ClNO2. The average molecular weight is 258 g/mol. The van der Waals surface area contributed by atoms with E-state index in [1.54, 1.807) is 7.11 Å². The van der Waals surface area contributed by atoms with Crippen molar-refractivity contribution in [2.24, 2.45) is 5.73 Å². The molecule has 0 amide bonds. The number of ether oxygens (including phenoxy) is 2. The number of nitrogens with two attached hydrogens (primary N) is 1. The summed E-state index contributed by atoms with van der Waals surface area (Å²) in [5.41, 5.74) is 6.83. The molecule has 0 spiro atoms. The summed E-state index contributed by atoms with van der Waals surface area (Å²) in [5, 5.41) is 0.684. The van der Waals surface area contributed by atoms with Gasteiger partial charge in [-0.15, -0.1) is 0 Å². The smallest absolute Gasteiger partial charge is 0.124 e. The van der Waals surface area contributed by atoms with Crippen LogP contribution >= 0.6 is 11.6 Å². The van der Waals surface area contributed by atoms with E-state index in [9.17, 15) is 0 Å². The van der Waals surface area contributed by atoms with Gasteiger partial charge in [-0.25, -0.2) is 0 Å². The third-order valence-corrected chi connectivity index (χ3v) is 2.70. The van der Waals surface area contributed by atoms with E-state index in [4.69, 9.17) is 26.8 Å². The molecule has 0 radical (unpaired) electrons. The number of benzene rings is 1. The Balaban J connectivity index is 2.52. The molecule has 3 nitrogen and oxygen atoms in total. The molecule has 96 valence electrons. The summed E-state index contributed by atoms with van der Waals surface area (Å²) in [5.74, 6) is 0.821. The van der Waals surface area contributed by atoms with Crippen molar-refractivity contribution in [3.8, 4) is 5.75 Å². The summed E-state index contributed by atoms with van der Waals surface area (Å²) in [6.07, 6.45) is 1.96. The number of methoxy groups -OCH3 is 1. The van der Waals surface area contributed by atoms with Crippen molar-refractivity contribution in [1.82, 2.24) is 0 Å². The molecule has 4 heteroatoms. The molecule has 0 bridgehead atoms. The molecule has 2 N–H and O–H groups in total. The quantitative estimate of drug-likeness (QED) is 0.763. The van der Waals surface area contributed by atoms with Gasteiger partial charge in [-0.1, -0.05) is 11.6 Å². The van der Waals surface area contributed by atoms with Crippen molar-refractivity contribution in [3.63, 3.8) is 0 Å². The lowest BCUT2D eigenvalue weighted by molar-refractivity contribution is 0.184. The number of halogens is 1. The molecule has 0 heterocycles. The maximum absolute atomic E-state index is 5.94. The first-order valence-electron chi connectivity index (χ1n) is 5.82. The van der Waals surface area contributed by atoms with Crippen LogP contribution in [-0.2, 0) is 4.74 Å². The number of unbranched alkanes of at least 4 members (excludes halogenated alkanes) is 1. The van der Waals surface area contributed by atoms with E-state index in [0.717, 1.165) is 30.8 Å². The highest BCUT2D eigenvalue weighted by molar-refractivity contribution is 6.30. The van der Waals surface area contributed by atoms with Crippen molar-refractivity contribution in [1.29, 1.82) is 0 Å². The van der Waals surface area contributed by atoms with Crippen molar-refractivity contribution in [2.75, 3.05) is 20.3 Å². The van der Waals surface area contributed by atoms with Gasteiger partial charge in [0, 0.05) is 30.3 Å². The van der Waals surface area contributed by atoms with Crippen LogP contribution in [-0.4, -0.2) is 20.3 Å². The monoisotopic (exact) mass is 257 g/mol. The molecule has 1 unspecified atom stereocenters. The standard InChI is InChI=1S/C13H20ClNO2/c1-10(15)12-9-11(14)5-6-13(12)17-8-4-3-7-16-2/h5-6,9-10H,3-4,7-8,15H2,1-2H3. The Hall–Kier alpha value is -0.770. The Morgan fingerprint density at radius 3 is 2.65 bits per heavy atom. The van der Waals surface area contributed by atoms with Gasteiger partial charge in [-0.3, -0.25) is 0 Å². The lowest BCUT2D eigenvalue weighted by Crippen LogP contribution is -2.09. The lowest BCUT2D eigenvalue weighted by Gasteiger charge is -2.14. The molecule has 1 aromatic rings. The third kappa shape index (κ3) is 4.94. The second kappa shape index (κ2) is 7.54. The molecule has 0 aliphatic rings. The van der Waals surface area contributed by atoms with E-state index in [0.29, 0.717) is 11.6 Å². The molecule has 0 fully saturated rings. The summed E-state index contributed by atoms with van der Waals surface area (Å²) in [6, 6.07) is 5.47. The second-order valence-corrected chi connectivity index (χ2v) is 4.46. The Morgan fingerprint density at radius 2 is 2.00 bits per heavy atom. The van der Waals surface area contributed by atoms with Gasteiger partial charge >= 0.3 is 0 Å². The van der Waals surface area contributed by atoms with Crippen LogP contribution in [0.5, 0.6) is 5.75 Å². The number of rotatable bonds is 7. The second-order valence-electron chi connectivity index (χ2n) is 4.02. The van der Waals surface area contributed by atoms with Gasteiger partial charge in [0.05, 0.1) is 6.61 Å². The van der Waals surface area contributed by atoms with E-state index in [1.807, 2.05) is 25.1 Å². The molecule has 1 atom stereocenters. The minimum atomic E-state index is -0.0809. The van der Waals surface area contributed by atoms with Gasteiger partial charge in [0.25, 0.3) is 0 Å². The maximum Gasteiger partial charge on any atom is 0.124 e. The van der Waals surface area contributed by atoms with E-state index < -0.39 is 0 Å². The summed E-state index contributed by atoms with van der Waals surface area (Å²) >= 11 is 5.94. The topological polar surface area (TPSA) is 44.5 Å². The fraction of sp³-hybridized carbons (Fsp3) is 0.538. The Morgan fingerprint density at radius 1 is 1.29 bits per heavy atom. The van der Waals surface area contributed by atoms with Crippen molar-refractivity contribution in [2.45, 2.75) is 25.8 Å². The van der Waals surface area contributed by atoms with Crippen molar-refractivity contribution < 1.29 is 9.47 Å². The van der Waals surface area contributed by atoms with Gasteiger partial charge in [0.2, 0.25) is 0 Å². The van der Waals surface area contributed by atoms with Crippen LogP contribution in [0.2, 0.25) is 5.02 Å². The van der Waals surface area contributed by atoms with E-state index in [2.05, 4.69) is 0 Å². The van der Waals surface area contributed by atoms with Crippen LogP contribution < -0.4 is 10.5 Å². The van der Waals surface area contributed by atoms with Crippen LogP contribution in [0.4, 0.5) is 0 Å². The first-order valence-corrected chi connectivity index (χ1v) is 6.19. The largest absolute Gasteiger partial charge is 0.493 e. The fourth-order valence-corrected chi connectivity index (χ4v) is 1.72. The highest BCUT2D eigenvalue weighted by atomic mass is 35.5. The normalized spacial score (nSPS) is 12.5. The molecule has 0 aromatic heterocycles. The molecule has 0 saturated heterocycles.